The van der Waals surface area contributed by atoms with Crippen molar-refractivity contribution in [1.82, 2.24) is 9.78 Å². The van der Waals surface area contributed by atoms with E-state index in [2.05, 4.69) is 21.0 Å². The van der Waals surface area contributed by atoms with Gasteiger partial charge in [-0.2, -0.15) is 5.10 Å². The Balaban J connectivity index is 2.45. The Labute approximate surface area is 141 Å². The summed E-state index contributed by atoms with van der Waals surface area (Å²) in [5, 5.41) is 24.5. The number of nitrogens with zero attached hydrogens (tertiary/aromatic N) is 3. The second-order valence-corrected chi connectivity index (χ2v) is 7.07. The molecule has 0 saturated carbocycles. The average Bonchev–Trinajstić information content (AvgIpc) is 2.78. The molecule has 2 aromatic rings. The number of carboxylic acid groups (broad SMARTS) is 1. The molecule has 1 heterocycles. The molecule has 1 aromatic carbocycles. The SMILES string of the molecule is CC(C)(C)C(C(=O)O)n1cc(Br)c(-c2ccc([N+](=O)[O-])cc2)n1. The predicted molar refractivity (Wildman–Crippen MR) is 88.1 cm³/mol. The van der Waals surface area contributed by atoms with Crippen LogP contribution in [0.5, 0.6) is 0 Å². The molecule has 7 nitrogen and oxygen atoms in total. The van der Waals surface area contributed by atoms with Crippen LogP contribution in [0.2, 0.25) is 0 Å². The number of benzene rings is 1. The Morgan fingerprint density at radius 2 is 1.91 bits per heavy atom. The van der Waals surface area contributed by atoms with Crippen LogP contribution >= 0.6 is 15.9 Å². The van der Waals surface area contributed by atoms with Crippen LogP contribution in [-0.4, -0.2) is 25.8 Å². The summed E-state index contributed by atoms with van der Waals surface area (Å²) >= 11 is 3.38. The van der Waals surface area contributed by atoms with Crippen molar-refractivity contribution in [3.8, 4) is 11.3 Å². The summed E-state index contributed by atoms with van der Waals surface area (Å²) in [7, 11) is 0. The van der Waals surface area contributed by atoms with E-state index >= 15 is 0 Å². The molecule has 0 aliphatic carbocycles. The highest BCUT2D eigenvalue weighted by molar-refractivity contribution is 9.10. The maximum Gasteiger partial charge on any atom is 0.329 e. The highest BCUT2D eigenvalue weighted by Gasteiger charge is 2.34. The summed E-state index contributed by atoms with van der Waals surface area (Å²) in [5.74, 6) is -0.970. The smallest absolute Gasteiger partial charge is 0.329 e. The van der Waals surface area contributed by atoms with E-state index in [0.717, 1.165) is 0 Å². The van der Waals surface area contributed by atoms with E-state index in [-0.39, 0.29) is 5.69 Å². The van der Waals surface area contributed by atoms with Crippen molar-refractivity contribution < 1.29 is 14.8 Å². The maximum absolute atomic E-state index is 11.6. The number of aliphatic carboxylic acids is 1. The van der Waals surface area contributed by atoms with Gasteiger partial charge in [0, 0.05) is 23.9 Å². The van der Waals surface area contributed by atoms with E-state index in [0.29, 0.717) is 15.7 Å². The minimum Gasteiger partial charge on any atom is -0.480 e. The second kappa shape index (κ2) is 6.11. The summed E-state index contributed by atoms with van der Waals surface area (Å²) < 4.78 is 2.03. The van der Waals surface area contributed by atoms with Gasteiger partial charge in [0.2, 0.25) is 0 Å². The minimum absolute atomic E-state index is 0.0117. The van der Waals surface area contributed by atoms with Crippen molar-refractivity contribution in [3.63, 3.8) is 0 Å². The van der Waals surface area contributed by atoms with Gasteiger partial charge in [0.25, 0.3) is 5.69 Å². The third-order valence-corrected chi connectivity index (χ3v) is 3.94. The van der Waals surface area contributed by atoms with Gasteiger partial charge < -0.3 is 5.11 Å². The highest BCUT2D eigenvalue weighted by Crippen LogP contribution is 2.34. The van der Waals surface area contributed by atoms with Crippen LogP contribution in [0.15, 0.2) is 34.9 Å². The Kier molecular flexibility index (Phi) is 4.56. The Bertz CT molecular complexity index is 747. The molecule has 0 bridgehead atoms. The lowest BCUT2D eigenvalue weighted by Crippen LogP contribution is -2.31. The number of carbonyl (C=O) groups is 1. The molecule has 23 heavy (non-hydrogen) atoms. The largest absolute Gasteiger partial charge is 0.480 e. The number of non-ortho nitro benzene ring substituents is 1. The van der Waals surface area contributed by atoms with Gasteiger partial charge in [-0.25, -0.2) is 4.79 Å². The molecule has 0 fully saturated rings. The summed E-state index contributed by atoms with van der Waals surface area (Å²) in [5.41, 5.74) is 0.668. The fraction of sp³-hybridized carbons (Fsp3) is 0.333. The van der Waals surface area contributed by atoms with E-state index in [1.807, 2.05) is 20.8 Å². The molecule has 0 amide bonds. The quantitative estimate of drug-likeness (QED) is 0.639. The van der Waals surface area contributed by atoms with E-state index in [1.165, 1.54) is 16.8 Å². The molecule has 0 spiro atoms. The van der Waals surface area contributed by atoms with Crippen LogP contribution in [0.1, 0.15) is 26.8 Å². The number of carboxylic acids is 1. The first-order valence-electron chi connectivity index (χ1n) is 6.83. The van der Waals surface area contributed by atoms with E-state index < -0.39 is 22.3 Å². The summed E-state index contributed by atoms with van der Waals surface area (Å²) in [4.78, 5) is 21.8. The van der Waals surface area contributed by atoms with Gasteiger partial charge in [0.1, 0.15) is 5.69 Å². The van der Waals surface area contributed by atoms with E-state index in [1.54, 1.807) is 18.3 Å². The summed E-state index contributed by atoms with van der Waals surface area (Å²) in [6.07, 6.45) is 1.61. The zero-order valence-corrected chi connectivity index (χ0v) is 14.4. The molecular formula is C15H16BrN3O4. The van der Waals surface area contributed by atoms with Gasteiger partial charge in [0.05, 0.1) is 9.40 Å². The number of hydrogen-bond donors (Lipinski definition) is 1. The Hall–Kier alpha value is -2.22. The first kappa shape index (κ1) is 17.1. The third-order valence-electron chi connectivity index (χ3n) is 3.36. The Morgan fingerprint density at radius 3 is 2.35 bits per heavy atom. The summed E-state index contributed by atoms with van der Waals surface area (Å²) in [6, 6.07) is 5.12. The minimum atomic E-state index is -0.970. The van der Waals surface area contributed by atoms with Crippen molar-refractivity contribution in [3.05, 3.63) is 45.0 Å². The number of rotatable bonds is 4. The molecule has 1 unspecified atom stereocenters. The Morgan fingerprint density at radius 1 is 1.35 bits per heavy atom. The average molecular weight is 382 g/mol. The molecule has 1 atom stereocenters. The molecule has 0 aliphatic rings. The van der Waals surface area contributed by atoms with Crippen molar-refractivity contribution in [1.29, 1.82) is 0 Å². The molecule has 0 aliphatic heterocycles. The van der Waals surface area contributed by atoms with Crippen LogP contribution in [0.4, 0.5) is 5.69 Å². The molecular weight excluding hydrogens is 366 g/mol. The second-order valence-electron chi connectivity index (χ2n) is 6.22. The first-order chi connectivity index (χ1) is 10.6. The maximum atomic E-state index is 11.6. The van der Waals surface area contributed by atoms with Crippen molar-refractivity contribution >= 4 is 27.6 Å². The molecule has 1 aromatic heterocycles. The topological polar surface area (TPSA) is 98.3 Å². The summed E-state index contributed by atoms with van der Waals surface area (Å²) in [6.45, 7) is 5.48. The van der Waals surface area contributed by atoms with Gasteiger partial charge in [-0.3, -0.25) is 14.8 Å². The van der Waals surface area contributed by atoms with Gasteiger partial charge in [-0.1, -0.05) is 20.8 Å². The normalized spacial score (nSPS) is 12.9. The monoisotopic (exact) mass is 381 g/mol. The molecule has 0 radical (unpaired) electrons. The molecule has 8 heteroatoms. The van der Waals surface area contributed by atoms with Crippen LogP contribution in [-0.2, 0) is 4.79 Å². The van der Waals surface area contributed by atoms with Crippen LogP contribution in [0.3, 0.4) is 0 Å². The third kappa shape index (κ3) is 3.58. The number of halogens is 1. The van der Waals surface area contributed by atoms with Gasteiger partial charge in [-0.05, 0) is 33.5 Å². The van der Waals surface area contributed by atoms with Crippen LogP contribution < -0.4 is 0 Å². The zero-order chi connectivity index (χ0) is 17.4. The van der Waals surface area contributed by atoms with Gasteiger partial charge in [0.15, 0.2) is 6.04 Å². The predicted octanol–water partition coefficient (Wildman–Crippen LogP) is 3.89. The zero-order valence-electron chi connectivity index (χ0n) is 12.9. The fourth-order valence-electron chi connectivity index (χ4n) is 2.32. The van der Waals surface area contributed by atoms with E-state index in [9.17, 15) is 20.0 Å². The first-order valence-corrected chi connectivity index (χ1v) is 7.63. The van der Waals surface area contributed by atoms with Crippen molar-refractivity contribution in [2.75, 3.05) is 0 Å². The number of hydrogen-bond acceptors (Lipinski definition) is 4. The lowest BCUT2D eigenvalue weighted by Gasteiger charge is -2.27. The van der Waals surface area contributed by atoms with Crippen LogP contribution in [0.25, 0.3) is 11.3 Å². The number of nitro benzene ring substituents is 1. The molecule has 122 valence electrons. The molecule has 1 N–H and O–H groups in total. The number of aromatic nitrogens is 2. The van der Waals surface area contributed by atoms with Crippen molar-refractivity contribution in [2.24, 2.45) is 5.41 Å². The van der Waals surface area contributed by atoms with Crippen LogP contribution in [0, 0.1) is 15.5 Å². The lowest BCUT2D eigenvalue weighted by molar-refractivity contribution is -0.384. The molecule has 2 rings (SSSR count). The van der Waals surface area contributed by atoms with E-state index in [4.69, 9.17) is 0 Å². The lowest BCUT2D eigenvalue weighted by atomic mass is 9.87. The highest BCUT2D eigenvalue weighted by atomic mass is 79.9. The van der Waals surface area contributed by atoms with Crippen molar-refractivity contribution in [2.45, 2.75) is 26.8 Å². The fourth-order valence-corrected chi connectivity index (χ4v) is 2.84. The standard InChI is InChI=1S/C15H16BrN3O4/c1-15(2,3)13(14(20)21)18-8-11(16)12(17-18)9-4-6-10(7-5-9)19(22)23/h4-8,13H,1-3H3,(H,20,21). The number of nitro groups is 1. The molecule has 0 saturated heterocycles. The van der Waals surface area contributed by atoms with Gasteiger partial charge >= 0.3 is 5.97 Å². The van der Waals surface area contributed by atoms with Gasteiger partial charge in [-0.15, -0.1) is 0 Å².